The summed E-state index contributed by atoms with van der Waals surface area (Å²) >= 11 is 0. The molecule has 0 bridgehead atoms. The third-order valence-corrected chi connectivity index (χ3v) is 2.83. The average molecular weight is 246 g/mol. The quantitative estimate of drug-likeness (QED) is 0.872. The van der Waals surface area contributed by atoms with Crippen molar-refractivity contribution >= 4 is 10.8 Å². The van der Waals surface area contributed by atoms with E-state index in [1.807, 2.05) is 36.4 Å². The third-order valence-electron chi connectivity index (χ3n) is 2.83. The van der Waals surface area contributed by atoms with Crippen molar-refractivity contribution in [2.75, 3.05) is 6.61 Å². The maximum atomic E-state index is 9.79. The number of hydrogen-bond donors (Lipinski definition) is 2. The first kappa shape index (κ1) is 12.9. The molecule has 0 fully saturated rings. The molecular weight excluding hydrogens is 228 g/mol. The fraction of sp³-hybridized carbons (Fsp3) is 0.333. The Morgan fingerprint density at radius 3 is 2.44 bits per heavy atom. The van der Waals surface area contributed by atoms with Gasteiger partial charge >= 0.3 is 0 Å². The van der Waals surface area contributed by atoms with E-state index in [1.165, 1.54) is 0 Å². The summed E-state index contributed by atoms with van der Waals surface area (Å²) in [5.41, 5.74) is 0.745. The minimum atomic E-state index is -0.599. The second kappa shape index (κ2) is 5.38. The highest BCUT2D eigenvalue weighted by Crippen LogP contribution is 2.33. The van der Waals surface area contributed by atoms with Gasteiger partial charge in [-0.25, -0.2) is 0 Å². The van der Waals surface area contributed by atoms with Crippen LogP contribution in [0.25, 0.3) is 10.8 Å². The monoisotopic (exact) mass is 246 g/mol. The molecule has 2 aromatic carbocycles. The Hall–Kier alpha value is -1.58. The van der Waals surface area contributed by atoms with Gasteiger partial charge in [0.25, 0.3) is 0 Å². The van der Waals surface area contributed by atoms with Gasteiger partial charge in [0.2, 0.25) is 0 Å². The average Bonchev–Trinajstić information content (AvgIpc) is 2.35. The van der Waals surface area contributed by atoms with Crippen LogP contribution in [0.5, 0.6) is 5.75 Å². The lowest BCUT2D eigenvalue weighted by Crippen LogP contribution is -2.14. The van der Waals surface area contributed by atoms with Gasteiger partial charge in [0.15, 0.2) is 0 Å². The van der Waals surface area contributed by atoms with Crippen LogP contribution in [-0.2, 0) is 0 Å². The number of ether oxygens (including phenoxy) is 1. The zero-order valence-corrected chi connectivity index (χ0v) is 10.6. The van der Waals surface area contributed by atoms with E-state index in [2.05, 4.69) is 0 Å². The number of benzene rings is 2. The third kappa shape index (κ3) is 2.63. The van der Waals surface area contributed by atoms with Gasteiger partial charge in [0, 0.05) is 10.9 Å². The van der Waals surface area contributed by atoms with Crippen molar-refractivity contribution in [2.45, 2.75) is 26.1 Å². The van der Waals surface area contributed by atoms with Crippen LogP contribution in [0.1, 0.15) is 25.5 Å². The molecule has 0 saturated heterocycles. The van der Waals surface area contributed by atoms with Crippen molar-refractivity contribution in [1.29, 1.82) is 0 Å². The van der Waals surface area contributed by atoms with E-state index in [1.54, 1.807) is 13.8 Å². The molecule has 2 aromatic rings. The Bertz CT molecular complexity index is 532. The van der Waals surface area contributed by atoms with Crippen molar-refractivity contribution in [3.8, 4) is 5.75 Å². The Morgan fingerprint density at radius 1 is 1.06 bits per heavy atom. The molecule has 2 atom stereocenters. The van der Waals surface area contributed by atoms with E-state index in [4.69, 9.17) is 4.74 Å². The molecule has 18 heavy (non-hydrogen) atoms. The van der Waals surface area contributed by atoms with Crippen LogP contribution in [0, 0.1) is 0 Å². The van der Waals surface area contributed by atoms with Crippen LogP contribution in [-0.4, -0.2) is 22.9 Å². The summed E-state index contributed by atoms with van der Waals surface area (Å²) in [6.07, 6.45) is -1.13. The zero-order chi connectivity index (χ0) is 13.1. The van der Waals surface area contributed by atoms with Crippen molar-refractivity contribution in [3.05, 3.63) is 42.0 Å². The van der Waals surface area contributed by atoms with Crippen molar-refractivity contribution in [2.24, 2.45) is 0 Å². The summed E-state index contributed by atoms with van der Waals surface area (Å²) in [6.45, 7) is 3.60. The van der Waals surface area contributed by atoms with E-state index in [0.29, 0.717) is 5.75 Å². The molecule has 0 saturated carbocycles. The first-order chi connectivity index (χ1) is 8.59. The lowest BCUT2D eigenvalue weighted by Gasteiger charge is -2.17. The van der Waals surface area contributed by atoms with E-state index in [-0.39, 0.29) is 6.61 Å². The van der Waals surface area contributed by atoms with Crippen molar-refractivity contribution < 1.29 is 14.9 Å². The minimum Gasteiger partial charge on any atom is -0.490 e. The van der Waals surface area contributed by atoms with Gasteiger partial charge in [-0.15, -0.1) is 0 Å². The topological polar surface area (TPSA) is 49.7 Å². The number of aliphatic hydroxyl groups is 2. The summed E-state index contributed by atoms with van der Waals surface area (Å²) < 4.78 is 5.66. The Morgan fingerprint density at radius 2 is 1.78 bits per heavy atom. The molecule has 0 aromatic heterocycles. The molecule has 2 rings (SSSR count). The van der Waals surface area contributed by atoms with Crippen LogP contribution < -0.4 is 4.74 Å². The number of fused-ring (bicyclic) bond motifs is 1. The largest absolute Gasteiger partial charge is 0.490 e. The van der Waals surface area contributed by atoms with Gasteiger partial charge in [-0.2, -0.15) is 0 Å². The lowest BCUT2D eigenvalue weighted by atomic mass is 10.0. The highest BCUT2D eigenvalue weighted by atomic mass is 16.5. The van der Waals surface area contributed by atoms with Gasteiger partial charge in [0.05, 0.1) is 12.2 Å². The fourth-order valence-corrected chi connectivity index (χ4v) is 1.95. The Balaban J connectivity index is 2.52. The molecule has 1 unspecified atom stereocenters. The SMILES string of the molecule is CC(O)COc1c([C@H](C)O)ccc2ccccc12. The molecule has 0 amide bonds. The molecular formula is C15H18O3. The van der Waals surface area contributed by atoms with Crippen LogP contribution in [0.3, 0.4) is 0 Å². The molecule has 0 radical (unpaired) electrons. The lowest BCUT2D eigenvalue weighted by molar-refractivity contribution is 0.119. The molecule has 2 N–H and O–H groups in total. The van der Waals surface area contributed by atoms with E-state index >= 15 is 0 Å². The predicted octanol–water partition coefficient (Wildman–Crippen LogP) is 2.65. The minimum absolute atomic E-state index is 0.216. The first-order valence-corrected chi connectivity index (χ1v) is 6.10. The molecule has 0 aliphatic carbocycles. The van der Waals surface area contributed by atoms with Gasteiger partial charge in [0.1, 0.15) is 12.4 Å². The molecule has 96 valence electrons. The van der Waals surface area contributed by atoms with Crippen LogP contribution >= 0.6 is 0 Å². The maximum absolute atomic E-state index is 9.79. The molecule has 0 spiro atoms. The first-order valence-electron chi connectivity index (χ1n) is 6.10. The maximum Gasteiger partial charge on any atom is 0.133 e. The number of aliphatic hydroxyl groups excluding tert-OH is 2. The summed E-state index contributed by atoms with van der Waals surface area (Å²) in [5, 5.41) is 21.1. The van der Waals surface area contributed by atoms with Crippen LogP contribution in [0.15, 0.2) is 36.4 Å². The van der Waals surface area contributed by atoms with Gasteiger partial charge < -0.3 is 14.9 Å². The van der Waals surface area contributed by atoms with Gasteiger partial charge in [-0.3, -0.25) is 0 Å². The number of hydrogen-bond acceptors (Lipinski definition) is 3. The van der Waals surface area contributed by atoms with Crippen LogP contribution in [0.4, 0.5) is 0 Å². The normalized spacial score (nSPS) is 14.4. The summed E-state index contributed by atoms with van der Waals surface area (Å²) in [6, 6.07) is 11.7. The van der Waals surface area contributed by atoms with Gasteiger partial charge in [-0.05, 0) is 19.2 Å². The highest BCUT2D eigenvalue weighted by Gasteiger charge is 2.13. The van der Waals surface area contributed by atoms with Crippen LogP contribution in [0.2, 0.25) is 0 Å². The molecule has 0 aliphatic heterocycles. The standard InChI is InChI=1S/C15H18O3/c1-10(16)9-18-15-13(11(2)17)8-7-12-5-3-4-6-14(12)15/h3-8,10-11,16-17H,9H2,1-2H3/t10?,11-/m0/s1. The zero-order valence-electron chi connectivity index (χ0n) is 10.6. The summed E-state index contributed by atoms with van der Waals surface area (Å²) in [7, 11) is 0. The second-order valence-electron chi connectivity index (χ2n) is 4.54. The van der Waals surface area contributed by atoms with E-state index < -0.39 is 12.2 Å². The molecule has 3 nitrogen and oxygen atoms in total. The van der Waals surface area contributed by atoms with E-state index in [9.17, 15) is 10.2 Å². The van der Waals surface area contributed by atoms with E-state index in [0.717, 1.165) is 16.3 Å². The predicted molar refractivity (Wildman–Crippen MR) is 71.8 cm³/mol. The molecule has 0 heterocycles. The Kier molecular flexibility index (Phi) is 3.84. The van der Waals surface area contributed by atoms with Gasteiger partial charge in [-0.1, -0.05) is 36.4 Å². The summed E-state index contributed by atoms with van der Waals surface area (Å²) in [5.74, 6) is 0.656. The molecule has 3 heteroatoms. The summed E-state index contributed by atoms with van der Waals surface area (Å²) in [4.78, 5) is 0. The highest BCUT2D eigenvalue weighted by molar-refractivity contribution is 5.89. The fourth-order valence-electron chi connectivity index (χ4n) is 1.95. The Labute approximate surface area is 107 Å². The smallest absolute Gasteiger partial charge is 0.133 e. The van der Waals surface area contributed by atoms with Crippen molar-refractivity contribution in [3.63, 3.8) is 0 Å². The van der Waals surface area contributed by atoms with Crippen molar-refractivity contribution in [1.82, 2.24) is 0 Å². The second-order valence-corrected chi connectivity index (χ2v) is 4.54. The number of rotatable bonds is 4. The molecule has 0 aliphatic rings.